The van der Waals surface area contributed by atoms with E-state index in [4.69, 9.17) is 9.47 Å². The van der Waals surface area contributed by atoms with Gasteiger partial charge < -0.3 is 14.8 Å². The number of esters is 1. The van der Waals surface area contributed by atoms with Gasteiger partial charge in [0.05, 0.1) is 5.56 Å². The minimum absolute atomic E-state index is 0.0304. The van der Waals surface area contributed by atoms with Crippen LogP contribution in [0.5, 0.6) is 5.75 Å². The highest BCUT2D eigenvalue weighted by molar-refractivity contribution is 5.93. The molecule has 1 N–H and O–H groups in total. The third-order valence-corrected chi connectivity index (χ3v) is 4.93. The second kappa shape index (κ2) is 9.40. The van der Waals surface area contributed by atoms with Gasteiger partial charge in [0.15, 0.2) is 6.61 Å². The summed E-state index contributed by atoms with van der Waals surface area (Å²) >= 11 is 0. The first-order valence-corrected chi connectivity index (χ1v) is 9.82. The molecule has 148 valence electrons. The lowest BCUT2D eigenvalue weighted by Crippen LogP contribution is -2.21. The average Bonchev–Trinajstić information content (AvgIpc) is 2.70. The van der Waals surface area contributed by atoms with E-state index in [1.807, 2.05) is 32.0 Å². The Morgan fingerprint density at radius 1 is 1.00 bits per heavy atom. The predicted octanol–water partition coefficient (Wildman–Crippen LogP) is 4.81. The Hall–Kier alpha value is -2.82. The number of carbonyl (C=O) groups excluding carboxylic acids is 2. The van der Waals surface area contributed by atoms with Gasteiger partial charge in [0, 0.05) is 5.69 Å². The van der Waals surface area contributed by atoms with Crippen molar-refractivity contribution in [2.45, 2.75) is 52.1 Å². The fourth-order valence-corrected chi connectivity index (χ4v) is 3.30. The Labute approximate surface area is 166 Å². The van der Waals surface area contributed by atoms with Gasteiger partial charge in [-0.1, -0.05) is 18.6 Å². The second-order valence-corrected chi connectivity index (χ2v) is 7.35. The molecule has 5 heteroatoms. The summed E-state index contributed by atoms with van der Waals surface area (Å²) in [6.07, 6.45) is 5.37. The Kier molecular flexibility index (Phi) is 6.69. The van der Waals surface area contributed by atoms with Crippen LogP contribution in [0.3, 0.4) is 0 Å². The molecule has 0 atom stereocenters. The first kappa shape index (κ1) is 19.9. The topological polar surface area (TPSA) is 64.6 Å². The van der Waals surface area contributed by atoms with Crippen LogP contribution in [0.15, 0.2) is 42.5 Å². The van der Waals surface area contributed by atoms with Gasteiger partial charge in [0.25, 0.3) is 5.91 Å². The van der Waals surface area contributed by atoms with Crippen LogP contribution < -0.4 is 10.1 Å². The molecule has 0 aromatic heterocycles. The zero-order valence-corrected chi connectivity index (χ0v) is 16.5. The quantitative estimate of drug-likeness (QED) is 0.729. The standard InChI is InChI=1S/C23H27NO4/c1-16-8-9-17(2)21(14-16)27-15-22(25)24-19-12-10-18(11-13-19)23(26)28-20-6-4-3-5-7-20/h8-14,20H,3-7,15H2,1-2H3,(H,24,25). The number of hydrogen-bond acceptors (Lipinski definition) is 4. The molecule has 1 aliphatic carbocycles. The molecule has 1 aliphatic rings. The van der Waals surface area contributed by atoms with Crippen LogP contribution in [0.25, 0.3) is 0 Å². The first-order valence-electron chi connectivity index (χ1n) is 9.82. The minimum atomic E-state index is -0.303. The predicted molar refractivity (Wildman–Crippen MR) is 109 cm³/mol. The Bertz CT molecular complexity index is 823. The van der Waals surface area contributed by atoms with E-state index in [9.17, 15) is 9.59 Å². The van der Waals surface area contributed by atoms with Crippen LogP contribution >= 0.6 is 0 Å². The summed E-state index contributed by atoms with van der Waals surface area (Å²) < 4.78 is 11.2. The SMILES string of the molecule is Cc1ccc(C)c(OCC(=O)Nc2ccc(C(=O)OC3CCCCC3)cc2)c1. The minimum Gasteiger partial charge on any atom is -0.483 e. The van der Waals surface area contributed by atoms with E-state index in [-0.39, 0.29) is 24.6 Å². The molecule has 1 fully saturated rings. The van der Waals surface area contributed by atoms with Gasteiger partial charge in [-0.25, -0.2) is 4.79 Å². The van der Waals surface area contributed by atoms with E-state index in [2.05, 4.69) is 5.32 Å². The third kappa shape index (κ3) is 5.59. The summed E-state index contributed by atoms with van der Waals surface area (Å²) in [7, 11) is 0. The highest BCUT2D eigenvalue weighted by Gasteiger charge is 2.18. The normalized spacial score (nSPS) is 14.4. The molecule has 2 aromatic rings. The van der Waals surface area contributed by atoms with Crippen molar-refractivity contribution in [1.82, 2.24) is 0 Å². The van der Waals surface area contributed by atoms with Crippen LogP contribution in [0.2, 0.25) is 0 Å². The van der Waals surface area contributed by atoms with Gasteiger partial charge in [-0.2, -0.15) is 0 Å². The fraction of sp³-hybridized carbons (Fsp3) is 0.391. The molecule has 1 saturated carbocycles. The number of aryl methyl sites for hydroxylation is 2. The largest absolute Gasteiger partial charge is 0.483 e. The zero-order chi connectivity index (χ0) is 19.9. The number of rotatable bonds is 6. The zero-order valence-electron chi connectivity index (χ0n) is 16.5. The summed E-state index contributed by atoms with van der Waals surface area (Å²) in [5.74, 6) is 0.150. The Morgan fingerprint density at radius 3 is 2.43 bits per heavy atom. The number of amides is 1. The number of anilines is 1. The van der Waals surface area contributed by atoms with E-state index < -0.39 is 0 Å². The Morgan fingerprint density at radius 2 is 1.71 bits per heavy atom. The molecule has 0 aliphatic heterocycles. The number of hydrogen-bond donors (Lipinski definition) is 1. The van der Waals surface area contributed by atoms with Gasteiger partial charge in [0.2, 0.25) is 0 Å². The van der Waals surface area contributed by atoms with Gasteiger partial charge >= 0.3 is 5.97 Å². The highest BCUT2D eigenvalue weighted by Crippen LogP contribution is 2.22. The summed E-state index contributed by atoms with van der Waals surface area (Å²) in [5.41, 5.74) is 3.18. The number of nitrogens with one attached hydrogen (secondary N) is 1. The van der Waals surface area contributed by atoms with Crippen molar-refractivity contribution in [2.24, 2.45) is 0 Å². The lowest BCUT2D eigenvalue weighted by Gasteiger charge is -2.21. The molecule has 5 nitrogen and oxygen atoms in total. The second-order valence-electron chi connectivity index (χ2n) is 7.35. The van der Waals surface area contributed by atoms with Crippen LogP contribution in [-0.4, -0.2) is 24.6 Å². The lowest BCUT2D eigenvalue weighted by atomic mass is 9.98. The van der Waals surface area contributed by atoms with Crippen LogP contribution in [0, 0.1) is 13.8 Å². The molecule has 0 saturated heterocycles. The molecular weight excluding hydrogens is 354 g/mol. The van der Waals surface area contributed by atoms with E-state index >= 15 is 0 Å². The molecule has 0 heterocycles. The molecule has 3 rings (SSSR count). The fourth-order valence-electron chi connectivity index (χ4n) is 3.30. The van der Waals surface area contributed by atoms with Crippen molar-refractivity contribution >= 4 is 17.6 Å². The molecule has 0 spiro atoms. The maximum atomic E-state index is 12.2. The summed E-state index contributed by atoms with van der Waals surface area (Å²) in [5, 5.41) is 2.78. The Balaban J connectivity index is 1.49. The summed E-state index contributed by atoms with van der Waals surface area (Å²) in [6.45, 7) is 3.85. The van der Waals surface area contributed by atoms with Gasteiger partial charge in [0.1, 0.15) is 11.9 Å². The molecule has 2 aromatic carbocycles. The molecular formula is C23H27NO4. The van der Waals surface area contributed by atoms with E-state index in [1.165, 1.54) is 6.42 Å². The molecule has 28 heavy (non-hydrogen) atoms. The highest BCUT2D eigenvalue weighted by atomic mass is 16.5. The van der Waals surface area contributed by atoms with Gasteiger partial charge in [-0.3, -0.25) is 4.79 Å². The smallest absolute Gasteiger partial charge is 0.338 e. The van der Waals surface area contributed by atoms with Crippen molar-refractivity contribution in [3.05, 3.63) is 59.2 Å². The van der Waals surface area contributed by atoms with E-state index in [1.54, 1.807) is 24.3 Å². The van der Waals surface area contributed by atoms with E-state index in [0.717, 1.165) is 36.8 Å². The van der Waals surface area contributed by atoms with Crippen molar-refractivity contribution < 1.29 is 19.1 Å². The molecule has 1 amide bonds. The monoisotopic (exact) mass is 381 g/mol. The average molecular weight is 381 g/mol. The summed E-state index contributed by atoms with van der Waals surface area (Å²) in [6, 6.07) is 12.6. The lowest BCUT2D eigenvalue weighted by molar-refractivity contribution is -0.118. The van der Waals surface area contributed by atoms with Crippen LogP contribution in [0.1, 0.15) is 53.6 Å². The number of ether oxygens (including phenoxy) is 2. The number of benzene rings is 2. The number of carbonyl (C=O) groups is 2. The summed E-state index contributed by atoms with van der Waals surface area (Å²) in [4.78, 5) is 24.4. The third-order valence-electron chi connectivity index (χ3n) is 4.93. The van der Waals surface area contributed by atoms with Crippen molar-refractivity contribution in [3.8, 4) is 5.75 Å². The van der Waals surface area contributed by atoms with Crippen LogP contribution in [-0.2, 0) is 9.53 Å². The van der Waals surface area contributed by atoms with Crippen molar-refractivity contribution in [3.63, 3.8) is 0 Å². The van der Waals surface area contributed by atoms with E-state index in [0.29, 0.717) is 17.0 Å². The van der Waals surface area contributed by atoms with Crippen molar-refractivity contribution in [1.29, 1.82) is 0 Å². The first-order chi connectivity index (χ1) is 13.5. The maximum absolute atomic E-state index is 12.2. The maximum Gasteiger partial charge on any atom is 0.338 e. The van der Waals surface area contributed by atoms with Gasteiger partial charge in [-0.05, 0) is 81.0 Å². The van der Waals surface area contributed by atoms with Gasteiger partial charge in [-0.15, -0.1) is 0 Å². The van der Waals surface area contributed by atoms with Crippen LogP contribution in [0.4, 0.5) is 5.69 Å². The molecule has 0 radical (unpaired) electrons. The molecule has 0 bridgehead atoms. The molecule has 0 unspecified atom stereocenters. The van der Waals surface area contributed by atoms with Crippen molar-refractivity contribution in [2.75, 3.05) is 11.9 Å².